The minimum absolute atomic E-state index is 0.0372. The maximum atomic E-state index is 12.5. The number of hydrogen-bond donors (Lipinski definition) is 6. The van der Waals surface area contributed by atoms with Gasteiger partial charge in [0.1, 0.15) is 16.2 Å². The molecular formula is C34H44N8O6S2. The molecular weight excluding hydrogens is 681 g/mol. The fraction of sp³-hybridized carbons (Fsp3) is 0.412. The third-order valence-corrected chi connectivity index (χ3v) is 7.82. The van der Waals surface area contributed by atoms with E-state index in [4.69, 9.17) is 20.3 Å². The van der Waals surface area contributed by atoms with E-state index in [-0.39, 0.29) is 34.9 Å². The number of thioether (sulfide) groups is 1. The number of nitrogens with one attached hydrogen (secondary N) is 6. The minimum atomic E-state index is -0.614. The van der Waals surface area contributed by atoms with Crippen molar-refractivity contribution >= 4 is 73.8 Å². The Labute approximate surface area is 299 Å². The number of ether oxygens (including phenoxy) is 2. The molecule has 0 radical (unpaired) electrons. The van der Waals surface area contributed by atoms with Crippen LogP contribution in [0.2, 0.25) is 0 Å². The first-order valence-electron chi connectivity index (χ1n) is 15.9. The summed E-state index contributed by atoms with van der Waals surface area (Å²) in [6.07, 6.45) is 1.50. The summed E-state index contributed by atoms with van der Waals surface area (Å²) >= 11 is 2.18. The minimum Gasteiger partial charge on any atom is -0.444 e. The van der Waals surface area contributed by atoms with Crippen LogP contribution in [-0.4, -0.2) is 55.6 Å². The van der Waals surface area contributed by atoms with Crippen molar-refractivity contribution in [1.82, 2.24) is 15.5 Å². The second kappa shape index (κ2) is 18.2. The van der Waals surface area contributed by atoms with E-state index >= 15 is 0 Å². The van der Waals surface area contributed by atoms with E-state index < -0.39 is 23.4 Å². The highest BCUT2D eigenvalue weighted by molar-refractivity contribution is 8.26. The molecule has 0 aliphatic rings. The van der Waals surface area contributed by atoms with Crippen LogP contribution in [-0.2, 0) is 38.3 Å². The Morgan fingerprint density at radius 2 is 1.22 bits per heavy atom. The average molecular weight is 725 g/mol. The van der Waals surface area contributed by atoms with Gasteiger partial charge in [-0.15, -0.1) is 10.2 Å². The van der Waals surface area contributed by atoms with Crippen LogP contribution in [0.25, 0.3) is 0 Å². The molecule has 4 amide bonds. The van der Waals surface area contributed by atoms with Gasteiger partial charge >= 0.3 is 12.2 Å². The number of benzene rings is 2. The highest BCUT2D eigenvalue weighted by Gasteiger charge is 2.18. The largest absolute Gasteiger partial charge is 0.444 e. The smallest absolute Gasteiger partial charge is 0.412 e. The second-order valence-electron chi connectivity index (χ2n) is 13.2. The molecule has 268 valence electrons. The first kappa shape index (κ1) is 39.6. The molecule has 3 aromatic rings. The second-order valence-corrected chi connectivity index (χ2v) is 15.3. The lowest BCUT2D eigenvalue weighted by molar-refractivity contribution is -0.119. The molecule has 0 fully saturated rings. The predicted molar refractivity (Wildman–Crippen MR) is 197 cm³/mol. The van der Waals surface area contributed by atoms with Gasteiger partial charge in [0.05, 0.1) is 17.9 Å². The summed E-state index contributed by atoms with van der Waals surface area (Å²) in [4.78, 5) is 48.8. The van der Waals surface area contributed by atoms with Gasteiger partial charge < -0.3 is 20.1 Å². The Morgan fingerprint density at radius 3 is 1.72 bits per heavy atom. The number of hydrogen-bond acceptors (Lipinski definition) is 12. The van der Waals surface area contributed by atoms with E-state index in [1.54, 1.807) is 90.1 Å². The van der Waals surface area contributed by atoms with E-state index in [0.717, 1.165) is 28.8 Å². The lowest BCUT2D eigenvalue weighted by Gasteiger charge is -2.19. The number of carbonyl (C=O) groups excluding carboxylic acids is 4. The molecule has 6 N–H and O–H groups in total. The Morgan fingerprint density at radius 1 is 0.720 bits per heavy atom. The number of aromatic nitrogens is 2. The van der Waals surface area contributed by atoms with Crippen LogP contribution < -0.4 is 21.3 Å². The van der Waals surface area contributed by atoms with Gasteiger partial charge in [0.25, 0.3) is 0 Å². The first-order valence-corrected chi connectivity index (χ1v) is 17.5. The van der Waals surface area contributed by atoms with Crippen LogP contribution in [0.1, 0.15) is 76.9 Å². The van der Waals surface area contributed by atoms with Crippen molar-refractivity contribution in [3.05, 3.63) is 64.7 Å². The summed E-state index contributed by atoms with van der Waals surface area (Å²) < 4.78 is 10.5. The number of unbranched alkanes of at least 4 members (excludes halogenated alkanes) is 1. The monoisotopic (exact) mass is 724 g/mol. The molecule has 3 rings (SSSR count). The fourth-order valence-electron chi connectivity index (χ4n) is 4.13. The molecule has 0 unspecified atom stereocenters. The normalized spacial score (nSPS) is 11.2. The van der Waals surface area contributed by atoms with Crippen molar-refractivity contribution in [3.8, 4) is 0 Å². The van der Waals surface area contributed by atoms with Gasteiger partial charge in [0.15, 0.2) is 5.17 Å². The quantitative estimate of drug-likeness (QED) is 0.0637. The molecule has 0 saturated carbocycles. The average Bonchev–Trinajstić information content (AvgIpc) is 3.42. The third kappa shape index (κ3) is 16.0. The topological polar surface area (TPSA) is 208 Å². The molecule has 0 atom stereocenters. The van der Waals surface area contributed by atoms with Gasteiger partial charge in [-0.25, -0.2) is 9.59 Å². The Hall–Kier alpha value is -4.83. The Bertz CT molecular complexity index is 1660. The Balaban J connectivity index is 1.30. The third-order valence-electron chi connectivity index (χ3n) is 6.16. The SMILES string of the molecule is CC(C)(C)OC(=O)Nc1ccc(CC(=O)NC(=N)SC(=N)CCCCc2nnc(NC(=O)Cc3ccc(NC(=O)OC(C)(C)C)cc3)s2)cc1. The van der Waals surface area contributed by atoms with E-state index in [1.807, 2.05) is 0 Å². The van der Waals surface area contributed by atoms with Crippen molar-refractivity contribution in [2.75, 3.05) is 16.0 Å². The number of anilines is 3. The van der Waals surface area contributed by atoms with E-state index in [9.17, 15) is 19.2 Å². The maximum absolute atomic E-state index is 12.5. The molecule has 0 spiro atoms. The van der Waals surface area contributed by atoms with Gasteiger partial charge in [-0.3, -0.25) is 31.0 Å². The van der Waals surface area contributed by atoms with Crippen LogP contribution in [0.4, 0.5) is 26.1 Å². The summed E-state index contributed by atoms with van der Waals surface area (Å²) in [6.45, 7) is 10.7. The van der Waals surface area contributed by atoms with Gasteiger partial charge in [-0.2, -0.15) is 0 Å². The van der Waals surface area contributed by atoms with E-state index in [1.165, 1.54) is 11.3 Å². The summed E-state index contributed by atoms with van der Waals surface area (Å²) in [5.74, 6) is -0.626. The molecule has 50 heavy (non-hydrogen) atoms. The predicted octanol–water partition coefficient (Wildman–Crippen LogP) is 7.13. The highest BCUT2D eigenvalue weighted by atomic mass is 32.2. The number of carbonyl (C=O) groups is 4. The number of amides is 4. The first-order chi connectivity index (χ1) is 23.4. The Kier molecular flexibility index (Phi) is 14.5. The van der Waals surface area contributed by atoms with Crippen molar-refractivity contribution in [2.24, 2.45) is 0 Å². The van der Waals surface area contributed by atoms with E-state index in [0.29, 0.717) is 41.3 Å². The summed E-state index contributed by atoms with van der Waals surface area (Å²) in [5, 5.41) is 36.3. The van der Waals surface area contributed by atoms with Crippen LogP contribution in [0, 0.1) is 10.8 Å². The molecule has 0 aliphatic heterocycles. The molecule has 0 aliphatic carbocycles. The highest BCUT2D eigenvalue weighted by Crippen LogP contribution is 2.20. The van der Waals surface area contributed by atoms with Crippen LogP contribution in [0.5, 0.6) is 0 Å². The molecule has 1 aromatic heterocycles. The van der Waals surface area contributed by atoms with Gasteiger partial charge in [0, 0.05) is 17.8 Å². The van der Waals surface area contributed by atoms with Crippen molar-refractivity contribution in [1.29, 1.82) is 10.8 Å². The van der Waals surface area contributed by atoms with Gasteiger partial charge in [-0.05, 0) is 108 Å². The van der Waals surface area contributed by atoms with Crippen molar-refractivity contribution in [3.63, 3.8) is 0 Å². The zero-order valence-electron chi connectivity index (χ0n) is 29.0. The maximum Gasteiger partial charge on any atom is 0.412 e. The molecule has 2 aromatic carbocycles. The number of aryl methyl sites for hydroxylation is 1. The molecule has 1 heterocycles. The summed E-state index contributed by atoms with van der Waals surface area (Å²) in [7, 11) is 0. The molecule has 0 bridgehead atoms. The van der Waals surface area contributed by atoms with Gasteiger partial charge in [0.2, 0.25) is 16.9 Å². The molecule has 16 heteroatoms. The number of amidine groups is 1. The van der Waals surface area contributed by atoms with Crippen LogP contribution in [0.3, 0.4) is 0 Å². The van der Waals surface area contributed by atoms with Crippen LogP contribution >= 0.6 is 23.1 Å². The number of rotatable bonds is 12. The van der Waals surface area contributed by atoms with Gasteiger partial charge in [-0.1, -0.05) is 35.6 Å². The van der Waals surface area contributed by atoms with Crippen molar-refractivity contribution < 1.29 is 28.7 Å². The van der Waals surface area contributed by atoms with Crippen molar-refractivity contribution in [2.45, 2.75) is 91.3 Å². The zero-order valence-corrected chi connectivity index (χ0v) is 30.7. The molecule has 0 saturated heterocycles. The zero-order chi connectivity index (χ0) is 36.9. The standard InChI is InChI=1S/C34H44N8O6S2/c1-33(2,3)47-31(45)37-23-15-11-21(12-16-23)19-26(43)39-29(36)49-25(35)9-7-8-10-28-41-42-30(50-28)40-27(44)20-22-13-17-24(18-14-22)38-32(46)48-34(4,5)6/h11-18,35H,7-10,19-20H2,1-6H3,(H,37,45)(H,38,46)(H2,36,39,43)(H,40,42,44). The lowest BCUT2D eigenvalue weighted by Crippen LogP contribution is -2.29. The summed E-state index contributed by atoms with van der Waals surface area (Å²) in [5.41, 5.74) is 1.33. The number of nitrogens with zero attached hydrogens (tertiary/aromatic N) is 2. The molecule has 14 nitrogen and oxygen atoms in total. The van der Waals surface area contributed by atoms with E-state index in [2.05, 4.69) is 31.5 Å². The summed E-state index contributed by atoms with van der Waals surface area (Å²) in [6, 6.07) is 13.6. The van der Waals surface area contributed by atoms with Crippen LogP contribution in [0.15, 0.2) is 48.5 Å². The fourth-order valence-corrected chi connectivity index (χ4v) is 5.58. The lowest BCUT2D eigenvalue weighted by atomic mass is 10.1.